The van der Waals surface area contributed by atoms with E-state index in [2.05, 4.69) is 15.4 Å². The summed E-state index contributed by atoms with van der Waals surface area (Å²) in [6.45, 7) is 0. The molecule has 0 radical (unpaired) electrons. The van der Waals surface area contributed by atoms with Gasteiger partial charge in [-0.15, -0.1) is 11.3 Å². The topological polar surface area (TPSA) is 84.5 Å². The molecule has 0 fully saturated rings. The average molecular weight is 415 g/mol. The zero-order valence-electron chi connectivity index (χ0n) is 14.7. The summed E-state index contributed by atoms with van der Waals surface area (Å²) in [4.78, 5) is 36.8. The maximum atomic E-state index is 12.5. The van der Waals surface area contributed by atoms with Crippen LogP contribution in [-0.4, -0.2) is 24.9 Å². The zero-order chi connectivity index (χ0) is 20.1. The van der Waals surface area contributed by atoms with E-state index in [0.29, 0.717) is 31.7 Å². The quantitative estimate of drug-likeness (QED) is 0.593. The van der Waals surface area contributed by atoms with Crippen molar-refractivity contribution in [3.05, 3.63) is 81.0 Å². The number of anilines is 2. The summed E-state index contributed by atoms with van der Waals surface area (Å²) in [5.74, 6) is -1.17. The summed E-state index contributed by atoms with van der Waals surface area (Å²) >= 11 is 7.02. The van der Waals surface area contributed by atoms with Gasteiger partial charge >= 0.3 is 5.97 Å². The Morgan fingerprint density at radius 2 is 1.46 bits per heavy atom. The standard InChI is InChI=1S/C20H15ClN2O4S/c1-27-20(26)13-5-3-7-15(11-13)22-18(24)12-4-2-6-14(10-12)23-19(25)16-8-9-17(21)28-16/h2-11H,1H3,(H,22,24)(H,23,25). The lowest BCUT2D eigenvalue weighted by molar-refractivity contribution is 0.0600. The number of hydrogen-bond donors (Lipinski definition) is 2. The Bertz CT molecular complexity index is 1050. The number of rotatable bonds is 5. The van der Waals surface area contributed by atoms with Crippen molar-refractivity contribution in [3.8, 4) is 0 Å². The molecule has 6 nitrogen and oxygen atoms in total. The van der Waals surface area contributed by atoms with Gasteiger partial charge in [0, 0.05) is 16.9 Å². The Kier molecular flexibility index (Phi) is 6.08. The van der Waals surface area contributed by atoms with Gasteiger partial charge in [-0.2, -0.15) is 0 Å². The molecule has 0 aliphatic carbocycles. The van der Waals surface area contributed by atoms with Crippen molar-refractivity contribution in [1.82, 2.24) is 0 Å². The number of carbonyl (C=O) groups excluding carboxylic acids is 3. The number of methoxy groups -OCH3 is 1. The van der Waals surface area contributed by atoms with Crippen LogP contribution in [0.1, 0.15) is 30.4 Å². The van der Waals surface area contributed by atoms with Crippen LogP contribution in [-0.2, 0) is 4.74 Å². The van der Waals surface area contributed by atoms with Gasteiger partial charge in [0.15, 0.2) is 0 Å². The van der Waals surface area contributed by atoms with Crippen molar-refractivity contribution in [3.63, 3.8) is 0 Å². The molecule has 0 unspecified atom stereocenters. The minimum Gasteiger partial charge on any atom is -0.465 e. The number of hydrogen-bond acceptors (Lipinski definition) is 5. The lowest BCUT2D eigenvalue weighted by Gasteiger charge is -2.09. The van der Waals surface area contributed by atoms with Gasteiger partial charge in [0.1, 0.15) is 0 Å². The number of carbonyl (C=O) groups is 3. The number of thiophene rings is 1. The molecule has 0 atom stereocenters. The smallest absolute Gasteiger partial charge is 0.337 e. The van der Waals surface area contributed by atoms with Crippen LogP contribution >= 0.6 is 22.9 Å². The van der Waals surface area contributed by atoms with Crippen LogP contribution in [0.3, 0.4) is 0 Å². The van der Waals surface area contributed by atoms with Gasteiger partial charge in [-0.3, -0.25) is 9.59 Å². The van der Waals surface area contributed by atoms with Crippen LogP contribution in [0.5, 0.6) is 0 Å². The molecule has 0 saturated carbocycles. The molecule has 0 bridgehead atoms. The third kappa shape index (κ3) is 4.76. The number of halogens is 1. The SMILES string of the molecule is COC(=O)c1cccc(NC(=O)c2cccc(NC(=O)c3ccc(Cl)s3)c2)c1. The Hall–Kier alpha value is -3.16. The van der Waals surface area contributed by atoms with Crippen molar-refractivity contribution in [2.45, 2.75) is 0 Å². The van der Waals surface area contributed by atoms with Crippen molar-refractivity contribution >= 4 is 52.1 Å². The Balaban J connectivity index is 1.72. The van der Waals surface area contributed by atoms with E-state index in [9.17, 15) is 14.4 Å². The first-order valence-electron chi connectivity index (χ1n) is 8.13. The van der Waals surface area contributed by atoms with E-state index in [1.165, 1.54) is 24.5 Å². The molecule has 142 valence electrons. The summed E-state index contributed by atoms with van der Waals surface area (Å²) in [5.41, 5.74) is 1.61. The number of nitrogens with one attached hydrogen (secondary N) is 2. The molecule has 0 aliphatic rings. The largest absolute Gasteiger partial charge is 0.465 e. The zero-order valence-corrected chi connectivity index (χ0v) is 16.3. The summed E-state index contributed by atoms with van der Waals surface area (Å²) in [6.07, 6.45) is 0. The van der Waals surface area contributed by atoms with Crippen molar-refractivity contribution in [2.24, 2.45) is 0 Å². The summed E-state index contributed by atoms with van der Waals surface area (Å²) in [7, 11) is 1.29. The van der Waals surface area contributed by atoms with E-state index in [1.54, 1.807) is 54.6 Å². The third-order valence-electron chi connectivity index (χ3n) is 3.72. The molecule has 3 rings (SSSR count). The molecule has 2 amide bonds. The molecule has 2 N–H and O–H groups in total. The van der Waals surface area contributed by atoms with E-state index >= 15 is 0 Å². The Morgan fingerprint density at radius 1 is 0.857 bits per heavy atom. The molecule has 28 heavy (non-hydrogen) atoms. The molecule has 2 aromatic carbocycles. The second-order valence-corrected chi connectivity index (χ2v) is 7.38. The van der Waals surface area contributed by atoms with Gasteiger partial charge in [-0.1, -0.05) is 23.7 Å². The average Bonchev–Trinajstić information content (AvgIpc) is 3.14. The van der Waals surface area contributed by atoms with Gasteiger partial charge in [0.25, 0.3) is 11.8 Å². The predicted octanol–water partition coefficient (Wildman–Crippen LogP) is 4.69. The van der Waals surface area contributed by atoms with Gasteiger partial charge in [-0.05, 0) is 48.5 Å². The van der Waals surface area contributed by atoms with Crippen molar-refractivity contribution < 1.29 is 19.1 Å². The summed E-state index contributed by atoms with van der Waals surface area (Å²) in [6, 6.07) is 16.2. The first-order valence-corrected chi connectivity index (χ1v) is 9.32. The van der Waals surface area contributed by atoms with Gasteiger partial charge in [0.2, 0.25) is 0 Å². The van der Waals surface area contributed by atoms with Crippen LogP contribution < -0.4 is 10.6 Å². The first-order chi connectivity index (χ1) is 13.5. The van der Waals surface area contributed by atoms with Crippen LogP contribution in [0.4, 0.5) is 11.4 Å². The lowest BCUT2D eigenvalue weighted by atomic mass is 10.1. The maximum Gasteiger partial charge on any atom is 0.337 e. The summed E-state index contributed by atoms with van der Waals surface area (Å²) < 4.78 is 5.19. The van der Waals surface area contributed by atoms with Gasteiger partial charge in [-0.25, -0.2) is 4.79 Å². The fraction of sp³-hybridized carbons (Fsp3) is 0.0500. The highest BCUT2D eigenvalue weighted by molar-refractivity contribution is 7.18. The molecular weight excluding hydrogens is 400 g/mol. The predicted molar refractivity (Wildman–Crippen MR) is 109 cm³/mol. The van der Waals surface area contributed by atoms with Crippen LogP contribution in [0, 0.1) is 0 Å². The fourth-order valence-corrected chi connectivity index (χ4v) is 3.35. The number of benzene rings is 2. The second kappa shape index (κ2) is 8.69. The van der Waals surface area contributed by atoms with Crippen molar-refractivity contribution in [1.29, 1.82) is 0 Å². The number of amides is 2. The highest BCUT2D eigenvalue weighted by Crippen LogP contribution is 2.23. The minimum atomic E-state index is -0.491. The highest BCUT2D eigenvalue weighted by atomic mass is 35.5. The molecule has 1 heterocycles. The molecule has 0 aliphatic heterocycles. The number of ether oxygens (including phenoxy) is 1. The number of esters is 1. The maximum absolute atomic E-state index is 12.5. The van der Waals surface area contributed by atoms with E-state index in [1.807, 2.05) is 0 Å². The second-order valence-electron chi connectivity index (χ2n) is 5.67. The normalized spacial score (nSPS) is 10.2. The van der Waals surface area contributed by atoms with Crippen molar-refractivity contribution in [2.75, 3.05) is 17.7 Å². The first kappa shape index (κ1) is 19.6. The molecular formula is C20H15ClN2O4S. The van der Waals surface area contributed by atoms with E-state index in [4.69, 9.17) is 11.6 Å². The Labute approximate surface area is 170 Å². The molecule has 8 heteroatoms. The van der Waals surface area contributed by atoms with E-state index in [-0.39, 0.29) is 11.8 Å². The molecule has 0 saturated heterocycles. The van der Waals surface area contributed by atoms with Gasteiger partial charge in [0.05, 0.1) is 21.9 Å². The van der Waals surface area contributed by atoms with E-state index in [0.717, 1.165) is 0 Å². The van der Waals surface area contributed by atoms with E-state index < -0.39 is 5.97 Å². The Morgan fingerprint density at radius 3 is 2.07 bits per heavy atom. The van der Waals surface area contributed by atoms with Gasteiger partial charge < -0.3 is 15.4 Å². The highest BCUT2D eigenvalue weighted by Gasteiger charge is 2.12. The van der Waals surface area contributed by atoms with Crippen LogP contribution in [0.2, 0.25) is 4.34 Å². The lowest BCUT2D eigenvalue weighted by Crippen LogP contribution is -2.14. The molecule has 0 spiro atoms. The fourth-order valence-electron chi connectivity index (χ4n) is 2.41. The molecule has 3 aromatic rings. The summed E-state index contributed by atoms with van der Waals surface area (Å²) in [5, 5.41) is 5.45. The molecule has 1 aromatic heterocycles. The van der Waals surface area contributed by atoms with Crippen LogP contribution in [0.25, 0.3) is 0 Å². The monoisotopic (exact) mass is 414 g/mol. The minimum absolute atomic E-state index is 0.305. The van der Waals surface area contributed by atoms with Crippen LogP contribution in [0.15, 0.2) is 60.7 Å². The third-order valence-corrected chi connectivity index (χ3v) is 4.95.